The number of rotatable bonds is 11. The van der Waals surface area contributed by atoms with Crippen molar-refractivity contribution in [3.8, 4) is 0 Å². The number of ether oxygens (including phenoxy) is 4. The van der Waals surface area contributed by atoms with E-state index < -0.39 is 18.0 Å². The molecule has 41 heavy (non-hydrogen) atoms. The van der Waals surface area contributed by atoms with Crippen LogP contribution in [-0.4, -0.2) is 62.3 Å². The molecule has 0 aromatic heterocycles. The van der Waals surface area contributed by atoms with Crippen LogP contribution in [0.4, 0.5) is 0 Å². The summed E-state index contributed by atoms with van der Waals surface area (Å²) in [5, 5.41) is 22.1. The summed E-state index contributed by atoms with van der Waals surface area (Å²) >= 11 is 0. The fraction of sp³-hybridized carbons (Fsp3) is 0.909. The molecule has 0 aliphatic heterocycles. The predicted octanol–water partition coefficient (Wildman–Crippen LogP) is 6.29. The van der Waals surface area contributed by atoms with Gasteiger partial charge in [-0.05, 0) is 105 Å². The van der Waals surface area contributed by atoms with Gasteiger partial charge in [-0.1, -0.05) is 39.3 Å². The molecule has 0 aromatic rings. The molecule has 0 saturated heterocycles. The van der Waals surface area contributed by atoms with E-state index >= 15 is 0 Å². The summed E-state index contributed by atoms with van der Waals surface area (Å²) in [4.78, 5) is 12.7. The Morgan fingerprint density at radius 3 is 2.20 bits per heavy atom. The van der Waals surface area contributed by atoms with Gasteiger partial charge in [0.25, 0.3) is 0 Å². The van der Waals surface area contributed by atoms with Crippen LogP contribution >= 0.6 is 0 Å². The Morgan fingerprint density at radius 1 is 0.976 bits per heavy atom. The Kier molecular flexibility index (Phi) is 12.5. The molecular weight excluding hydrogens is 735 g/mol. The molecule has 7 nitrogen and oxygen atoms in total. The molecule has 4 saturated carbocycles. The summed E-state index contributed by atoms with van der Waals surface area (Å²) in [6, 6.07) is 0. The van der Waals surface area contributed by atoms with E-state index in [4.69, 9.17) is 18.9 Å². The monoisotopic (exact) mass is 791 g/mol. The first-order valence-electron chi connectivity index (χ1n) is 15.6. The summed E-state index contributed by atoms with van der Waals surface area (Å²) in [6.07, 6.45) is 8.59. The first-order valence-corrected chi connectivity index (χ1v) is 15.6. The summed E-state index contributed by atoms with van der Waals surface area (Å²) < 4.78 is 23.4. The normalized spacial score (nSPS) is 44.1. The van der Waals surface area contributed by atoms with Gasteiger partial charge in [0.15, 0.2) is 0 Å². The minimum Gasteiger partial charge on any atom is -0.481 e. The molecule has 4 rings (SSSR count). The number of aliphatic hydroxyl groups excluding tert-OH is 1. The van der Waals surface area contributed by atoms with E-state index in [2.05, 4.69) is 33.8 Å². The number of allylic oxidation sites excluding steroid dienone is 2. The van der Waals surface area contributed by atoms with Crippen LogP contribution in [0.15, 0.2) is 11.6 Å². The third-order valence-corrected chi connectivity index (χ3v) is 12.5. The molecule has 0 bridgehead atoms. The number of carboxylic acid groups (broad SMARTS) is 1. The summed E-state index contributed by atoms with van der Waals surface area (Å²) in [6.45, 7) is 14.3. The molecule has 0 spiro atoms. The molecule has 8 heteroatoms. The minimum atomic E-state index is -0.782. The number of hydrogen-bond donors (Lipinski definition) is 2. The Hall–Kier alpha value is 0.452. The second-order valence-electron chi connectivity index (χ2n) is 14.6. The third-order valence-electron chi connectivity index (χ3n) is 12.5. The predicted molar refractivity (Wildman–Crippen MR) is 154 cm³/mol. The largest absolute Gasteiger partial charge is 0.481 e. The molecule has 1 radical (unpaired) electrons. The van der Waals surface area contributed by atoms with Crippen molar-refractivity contribution in [2.75, 3.05) is 27.8 Å². The SMILES string of the molecule is COCO[C@@H]1CC[C@@]2(C)C(CCC3(C)C2[C@H](OCOC)CC2C([C@H](CCC=C(C)C)C(=O)O)[C@@H](O)C[C@@]23C)C1C.[Ac]. The van der Waals surface area contributed by atoms with Crippen LogP contribution in [-0.2, 0) is 23.7 Å². The molecule has 2 N–H and O–H groups in total. The Morgan fingerprint density at radius 2 is 1.61 bits per heavy atom. The fourth-order valence-electron chi connectivity index (χ4n) is 10.7. The third kappa shape index (κ3) is 6.43. The molecule has 4 aliphatic rings. The zero-order chi connectivity index (χ0) is 29.5. The van der Waals surface area contributed by atoms with Crippen molar-refractivity contribution in [1.82, 2.24) is 0 Å². The zero-order valence-electron chi connectivity index (χ0n) is 26.9. The first-order chi connectivity index (χ1) is 18.9. The molecular formula is C33H56AcO7. The van der Waals surface area contributed by atoms with E-state index in [1.54, 1.807) is 14.2 Å². The first kappa shape index (κ1) is 35.9. The van der Waals surface area contributed by atoms with Gasteiger partial charge in [0, 0.05) is 64.2 Å². The Bertz CT molecular complexity index is 923. The van der Waals surface area contributed by atoms with Gasteiger partial charge in [-0.3, -0.25) is 4.79 Å². The van der Waals surface area contributed by atoms with E-state index in [0.29, 0.717) is 37.4 Å². The summed E-state index contributed by atoms with van der Waals surface area (Å²) in [7, 11) is 3.35. The molecule has 0 heterocycles. The quantitative estimate of drug-likeness (QED) is 0.188. The van der Waals surface area contributed by atoms with Crippen molar-refractivity contribution in [2.45, 2.75) is 111 Å². The van der Waals surface area contributed by atoms with Gasteiger partial charge in [-0.25, -0.2) is 0 Å². The molecule has 0 amide bonds. The maximum Gasteiger partial charge on any atom is 0.306 e. The Labute approximate surface area is 284 Å². The van der Waals surface area contributed by atoms with Crippen molar-refractivity contribution in [2.24, 2.45) is 51.8 Å². The van der Waals surface area contributed by atoms with Gasteiger partial charge in [0.1, 0.15) is 13.6 Å². The van der Waals surface area contributed by atoms with Crippen LogP contribution in [0.5, 0.6) is 0 Å². The molecule has 12 atom stereocenters. The zero-order valence-corrected chi connectivity index (χ0v) is 31.6. The van der Waals surface area contributed by atoms with E-state index in [-0.39, 0.29) is 91.1 Å². The number of aliphatic carboxylic acids is 1. The van der Waals surface area contributed by atoms with Crippen molar-refractivity contribution in [1.29, 1.82) is 0 Å². The summed E-state index contributed by atoms with van der Waals surface area (Å²) in [5.74, 6) is -0.328. The second-order valence-corrected chi connectivity index (χ2v) is 14.6. The molecule has 4 aliphatic carbocycles. The van der Waals surface area contributed by atoms with E-state index in [0.717, 1.165) is 38.5 Å². The average Bonchev–Trinajstić information content (AvgIpc) is 3.14. The Balaban J connectivity index is 0.00000462. The van der Waals surface area contributed by atoms with Gasteiger partial charge >= 0.3 is 5.97 Å². The van der Waals surface area contributed by atoms with Gasteiger partial charge in [-0.15, -0.1) is 0 Å². The molecule has 0 aromatic carbocycles. The van der Waals surface area contributed by atoms with E-state index in [1.165, 1.54) is 5.57 Å². The van der Waals surface area contributed by atoms with Gasteiger partial charge in [0.05, 0.1) is 24.2 Å². The van der Waals surface area contributed by atoms with Crippen LogP contribution in [0, 0.1) is 95.8 Å². The van der Waals surface area contributed by atoms with Crippen LogP contribution in [0.3, 0.4) is 0 Å². The average molecular weight is 792 g/mol. The number of aliphatic hydroxyl groups is 1. The number of carboxylic acids is 1. The van der Waals surface area contributed by atoms with Crippen LogP contribution in [0.25, 0.3) is 0 Å². The van der Waals surface area contributed by atoms with Crippen molar-refractivity contribution < 1.29 is 78.0 Å². The van der Waals surface area contributed by atoms with Crippen LogP contribution in [0.1, 0.15) is 92.9 Å². The second kappa shape index (κ2) is 14.3. The van der Waals surface area contributed by atoms with Gasteiger partial charge in [0.2, 0.25) is 0 Å². The van der Waals surface area contributed by atoms with Crippen LogP contribution in [0.2, 0.25) is 0 Å². The van der Waals surface area contributed by atoms with Crippen LogP contribution < -0.4 is 0 Å². The topological polar surface area (TPSA) is 94.5 Å². The number of carbonyl (C=O) groups is 1. The molecule has 6 unspecified atom stereocenters. The maximum atomic E-state index is 12.7. The van der Waals surface area contributed by atoms with Crippen molar-refractivity contribution in [3.63, 3.8) is 0 Å². The smallest absolute Gasteiger partial charge is 0.306 e. The van der Waals surface area contributed by atoms with E-state index in [9.17, 15) is 15.0 Å². The van der Waals surface area contributed by atoms with Crippen molar-refractivity contribution in [3.05, 3.63) is 11.6 Å². The van der Waals surface area contributed by atoms with E-state index in [1.807, 2.05) is 13.8 Å². The standard InChI is InChI=1S/C33H56O7.Ac/c1-20(2)10-9-11-22(30(35)36)28-24-16-27(40-19-38-8)29-31(4)14-13-26(39-18-37-7)21(3)23(31)12-15-32(29,5)33(24,6)17-25(28)34;/h10,21-29,34H,9,11-19H2,1-8H3,(H,35,36);/t21?,22-,23?,24?,25-,26+,27+,28?,29?,31-,32?,33-;/m0./s1. The minimum absolute atomic E-state index is 0. The van der Waals surface area contributed by atoms with Gasteiger partial charge < -0.3 is 29.2 Å². The number of fused-ring (bicyclic) bond motifs is 5. The van der Waals surface area contributed by atoms with Crippen molar-refractivity contribution >= 4 is 5.97 Å². The number of hydrogen-bond acceptors (Lipinski definition) is 6. The van der Waals surface area contributed by atoms with Gasteiger partial charge in [-0.2, -0.15) is 0 Å². The fourth-order valence-corrected chi connectivity index (χ4v) is 10.7. The summed E-state index contributed by atoms with van der Waals surface area (Å²) in [5.41, 5.74) is 1.01. The maximum absolute atomic E-state index is 12.7. The molecule has 233 valence electrons. The molecule has 4 fully saturated rings. The number of methoxy groups -OCH3 is 2.